The van der Waals surface area contributed by atoms with Crippen molar-refractivity contribution in [3.05, 3.63) is 78.6 Å². The Labute approximate surface area is 257 Å². The molecule has 1 aliphatic carbocycles. The van der Waals surface area contributed by atoms with Crippen molar-refractivity contribution in [1.82, 2.24) is 30.1 Å². The number of aromatic amines is 2. The summed E-state index contributed by atoms with van der Waals surface area (Å²) in [6, 6.07) is 11.5. The summed E-state index contributed by atoms with van der Waals surface area (Å²) >= 11 is 0. The summed E-state index contributed by atoms with van der Waals surface area (Å²) in [7, 11) is -3.65. The minimum Gasteiger partial charge on any atom is -0.352 e. The van der Waals surface area contributed by atoms with Gasteiger partial charge in [-0.15, -0.1) is 0 Å². The Bertz CT molecular complexity index is 2210. The number of carbonyl (C=O) groups is 1. The maximum absolute atomic E-state index is 14.7. The fraction of sp³-hybridized carbons (Fsp3) is 0.219. The summed E-state index contributed by atoms with van der Waals surface area (Å²) in [5.41, 5.74) is 12.3. The van der Waals surface area contributed by atoms with E-state index in [0.717, 1.165) is 49.0 Å². The molecule has 45 heavy (non-hydrogen) atoms. The van der Waals surface area contributed by atoms with Gasteiger partial charge in [-0.1, -0.05) is 12.8 Å². The molecule has 5 aromatic heterocycles. The summed E-state index contributed by atoms with van der Waals surface area (Å²) in [5.74, 6) is -0.551. The van der Waals surface area contributed by atoms with Crippen LogP contribution in [0.5, 0.6) is 0 Å². The maximum Gasteiger partial charge on any atom is 0.227 e. The molecule has 1 unspecified atom stereocenters. The first-order valence-corrected chi connectivity index (χ1v) is 16.4. The number of H-pyrrole nitrogens is 2. The van der Waals surface area contributed by atoms with Crippen molar-refractivity contribution in [1.29, 1.82) is 0 Å². The zero-order valence-electron chi connectivity index (χ0n) is 24.2. The summed E-state index contributed by atoms with van der Waals surface area (Å²) in [6.45, 7) is 0. The fourth-order valence-electron chi connectivity index (χ4n) is 5.92. The number of nitrogens with zero attached hydrogens (tertiary/aromatic N) is 4. The van der Waals surface area contributed by atoms with Crippen LogP contribution in [-0.2, 0) is 14.6 Å². The molecule has 1 atom stereocenters. The lowest BCUT2D eigenvalue weighted by Gasteiger charge is -2.12. The van der Waals surface area contributed by atoms with Crippen molar-refractivity contribution >= 4 is 43.4 Å². The van der Waals surface area contributed by atoms with E-state index in [1.807, 2.05) is 24.3 Å². The van der Waals surface area contributed by atoms with Gasteiger partial charge in [0.15, 0.2) is 9.84 Å². The average molecular weight is 625 g/mol. The van der Waals surface area contributed by atoms with Crippen LogP contribution in [0.1, 0.15) is 36.6 Å². The van der Waals surface area contributed by atoms with Crippen LogP contribution in [0.15, 0.2) is 67.3 Å². The van der Waals surface area contributed by atoms with E-state index in [1.165, 1.54) is 6.07 Å². The molecule has 5 heterocycles. The van der Waals surface area contributed by atoms with Crippen LogP contribution in [0, 0.1) is 11.7 Å². The average Bonchev–Trinajstić information content (AvgIpc) is 3.79. The van der Waals surface area contributed by atoms with E-state index in [0.29, 0.717) is 50.4 Å². The van der Waals surface area contributed by atoms with Gasteiger partial charge in [-0.05, 0) is 66.4 Å². The van der Waals surface area contributed by atoms with Crippen molar-refractivity contribution in [3.63, 3.8) is 0 Å². The highest BCUT2D eigenvalue weighted by atomic mass is 32.2. The Hall–Kier alpha value is -5.01. The minimum atomic E-state index is -3.65. The molecule has 7 rings (SSSR count). The van der Waals surface area contributed by atoms with Crippen LogP contribution in [0.4, 0.5) is 10.1 Å². The number of fused-ring (bicyclic) bond motifs is 2. The molecule has 0 spiro atoms. The number of hydrogen-bond donors (Lipinski definition) is 4. The second-order valence-corrected chi connectivity index (χ2v) is 13.6. The van der Waals surface area contributed by atoms with Gasteiger partial charge in [0.2, 0.25) is 5.91 Å². The number of hydrogen-bond acceptors (Lipinski definition) is 8. The Kier molecular flexibility index (Phi) is 7.13. The smallest absolute Gasteiger partial charge is 0.227 e. The van der Waals surface area contributed by atoms with Gasteiger partial charge in [-0.2, -0.15) is 5.10 Å². The van der Waals surface area contributed by atoms with Crippen LogP contribution < -0.4 is 11.1 Å². The molecular formula is C32H29FN8O3S. The highest BCUT2D eigenvalue weighted by Gasteiger charge is 2.23. The predicted octanol–water partition coefficient (Wildman–Crippen LogP) is 5.50. The second-order valence-electron chi connectivity index (χ2n) is 11.5. The number of pyridine rings is 3. The first-order valence-electron chi connectivity index (χ1n) is 14.5. The summed E-state index contributed by atoms with van der Waals surface area (Å²) in [5, 5.41) is 9.91. The molecule has 0 bridgehead atoms. The van der Waals surface area contributed by atoms with Gasteiger partial charge in [0, 0.05) is 41.1 Å². The lowest BCUT2D eigenvalue weighted by atomic mass is 10.0. The molecule has 0 radical (unpaired) electrons. The molecule has 228 valence electrons. The molecule has 1 fully saturated rings. The van der Waals surface area contributed by atoms with Gasteiger partial charge in [0.25, 0.3) is 0 Å². The van der Waals surface area contributed by atoms with Crippen molar-refractivity contribution in [2.45, 2.75) is 31.1 Å². The molecule has 0 saturated heterocycles. The van der Waals surface area contributed by atoms with Crippen LogP contribution in [-0.4, -0.2) is 50.7 Å². The number of nitrogens with one attached hydrogen (secondary N) is 3. The lowest BCUT2D eigenvalue weighted by Crippen LogP contribution is -2.20. The molecule has 11 nitrogen and oxygen atoms in total. The van der Waals surface area contributed by atoms with Gasteiger partial charge in [0.05, 0.1) is 40.5 Å². The van der Waals surface area contributed by atoms with Crippen molar-refractivity contribution < 1.29 is 17.6 Å². The van der Waals surface area contributed by atoms with Crippen molar-refractivity contribution in [2.75, 3.05) is 11.6 Å². The molecule has 6 aromatic rings. The van der Waals surface area contributed by atoms with Crippen LogP contribution in [0.25, 0.3) is 55.7 Å². The van der Waals surface area contributed by atoms with E-state index in [4.69, 9.17) is 10.7 Å². The number of rotatable bonds is 7. The molecule has 0 aliphatic heterocycles. The number of sulfone groups is 1. The number of anilines is 1. The number of halogens is 1. The first-order chi connectivity index (χ1) is 21.6. The van der Waals surface area contributed by atoms with E-state index in [1.54, 1.807) is 30.9 Å². The third kappa shape index (κ3) is 5.56. The monoisotopic (exact) mass is 624 g/mol. The zero-order valence-corrected chi connectivity index (χ0v) is 25.0. The third-order valence-electron chi connectivity index (χ3n) is 8.26. The van der Waals surface area contributed by atoms with Gasteiger partial charge in [-0.3, -0.25) is 19.9 Å². The molecule has 1 saturated carbocycles. The summed E-state index contributed by atoms with van der Waals surface area (Å²) in [4.78, 5) is 29.6. The quantitative estimate of drug-likeness (QED) is 0.180. The largest absolute Gasteiger partial charge is 0.352 e. The molecule has 13 heteroatoms. The van der Waals surface area contributed by atoms with E-state index in [2.05, 4.69) is 30.5 Å². The van der Waals surface area contributed by atoms with Gasteiger partial charge in [-0.25, -0.2) is 17.8 Å². The second kappa shape index (κ2) is 11.2. The van der Waals surface area contributed by atoms with E-state index >= 15 is 0 Å². The van der Waals surface area contributed by atoms with Crippen LogP contribution in [0.2, 0.25) is 0 Å². The molecule has 1 aliphatic rings. The fourth-order valence-corrected chi connectivity index (χ4v) is 6.55. The summed E-state index contributed by atoms with van der Waals surface area (Å²) < 4.78 is 38.8. The zero-order chi connectivity index (χ0) is 31.3. The predicted molar refractivity (Wildman–Crippen MR) is 170 cm³/mol. The normalized spacial score (nSPS) is 14.7. The third-order valence-corrected chi connectivity index (χ3v) is 9.45. The van der Waals surface area contributed by atoms with Gasteiger partial charge in [0.1, 0.15) is 22.4 Å². The number of nitrogens with two attached hydrogens (primary N) is 1. The SMILES string of the molecule is CS(=O)(=O)C(N)c1cc(F)cc(-c2cncc3[nH]c(-c4n[nH]c5ccc(-c6cncc(NC(=O)C7CCCC7)c6)nc45)cc23)c1. The molecule has 1 aromatic carbocycles. The number of aromatic nitrogens is 6. The van der Waals surface area contributed by atoms with E-state index in [-0.39, 0.29) is 17.4 Å². The van der Waals surface area contributed by atoms with Gasteiger partial charge < -0.3 is 16.0 Å². The highest BCUT2D eigenvalue weighted by Crippen LogP contribution is 2.35. The van der Waals surface area contributed by atoms with Crippen LogP contribution >= 0.6 is 0 Å². The minimum absolute atomic E-state index is 0.0207. The van der Waals surface area contributed by atoms with Gasteiger partial charge >= 0.3 is 0 Å². The van der Waals surface area contributed by atoms with E-state index < -0.39 is 21.0 Å². The lowest BCUT2D eigenvalue weighted by molar-refractivity contribution is -0.119. The maximum atomic E-state index is 14.7. The Morgan fingerprint density at radius 1 is 1.00 bits per heavy atom. The van der Waals surface area contributed by atoms with Crippen molar-refractivity contribution in [3.8, 4) is 33.8 Å². The standard InChI is InChI=1S/C32H29FN8O3S/c1-45(43,44)31(34)19-8-18(9-21(33)10-19)24-15-36-16-28-23(24)12-27(38-28)30-29-26(40-41-30)7-6-25(39-29)20-11-22(14-35-13-20)37-32(42)17-4-2-3-5-17/h6-17,31,38H,2-5,34H2,1H3,(H,37,42)(H,40,41). The Morgan fingerprint density at radius 3 is 2.60 bits per heavy atom. The Morgan fingerprint density at radius 2 is 1.80 bits per heavy atom. The van der Waals surface area contributed by atoms with Crippen LogP contribution in [0.3, 0.4) is 0 Å². The number of benzene rings is 1. The topological polar surface area (TPSA) is 172 Å². The van der Waals surface area contributed by atoms with E-state index in [9.17, 15) is 17.6 Å². The molecule has 1 amide bonds. The number of carbonyl (C=O) groups excluding carboxylic acids is 1. The summed E-state index contributed by atoms with van der Waals surface area (Å²) in [6.07, 6.45) is 11.6. The number of amides is 1. The first kappa shape index (κ1) is 28.7. The molecule has 5 N–H and O–H groups in total. The van der Waals surface area contributed by atoms with Crippen molar-refractivity contribution in [2.24, 2.45) is 11.7 Å². The molecular weight excluding hydrogens is 595 g/mol. The highest BCUT2D eigenvalue weighted by molar-refractivity contribution is 7.90. The Balaban J connectivity index is 1.25.